The number of nitrogens with one attached hydrogen (secondary N) is 1. The number of sulfone groups is 1. The van der Waals surface area contributed by atoms with Crippen LogP contribution >= 0.6 is 27.3 Å². The fraction of sp³-hybridized carbons (Fsp3) is 0.105. The van der Waals surface area contributed by atoms with Crippen LogP contribution in [0.1, 0.15) is 23.0 Å². The fourth-order valence-electron chi connectivity index (χ4n) is 2.22. The van der Waals surface area contributed by atoms with Crippen molar-refractivity contribution in [3.63, 3.8) is 0 Å². The number of hydrogen-bond donors (Lipinski definition) is 1. The molecule has 3 aromatic rings. The van der Waals surface area contributed by atoms with Gasteiger partial charge in [0.25, 0.3) is 5.91 Å². The van der Waals surface area contributed by atoms with Gasteiger partial charge in [-0.1, -0.05) is 24.3 Å². The van der Waals surface area contributed by atoms with E-state index in [-0.39, 0.29) is 32.3 Å². The van der Waals surface area contributed by atoms with Crippen LogP contribution in [0.3, 0.4) is 0 Å². The summed E-state index contributed by atoms with van der Waals surface area (Å²) in [6.45, 7) is 1.47. The molecule has 1 N–H and O–H groups in total. The summed E-state index contributed by atoms with van der Waals surface area (Å²) in [6.07, 6.45) is 2.66. The van der Waals surface area contributed by atoms with Gasteiger partial charge >= 0.3 is 5.97 Å². The van der Waals surface area contributed by atoms with E-state index in [1.165, 1.54) is 37.5 Å². The molecule has 164 valence electrons. The standard InChI is InChI=1S/C19H13BrN4O6S2/c1-2-32(27,28)19-24-23-18(31-19)22-16(25)12(10-21)8-11-5-6-14(13(20)9-11)30-17(26)15-4-3-7-29-15/h3-9H,2H2,1H3,(H,22,23,25). The number of amides is 1. The molecule has 13 heteroatoms. The zero-order chi connectivity index (χ0) is 23.3. The van der Waals surface area contributed by atoms with Crippen LogP contribution in [0.15, 0.2) is 55.4 Å². The molecule has 3 rings (SSSR count). The van der Waals surface area contributed by atoms with Gasteiger partial charge in [0.15, 0.2) is 0 Å². The Bertz CT molecular complexity index is 1340. The van der Waals surface area contributed by atoms with Gasteiger partial charge in [0.2, 0.25) is 25.1 Å². The average Bonchev–Trinajstić information content (AvgIpc) is 3.46. The first-order chi connectivity index (χ1) is 15.2. The minimum atomic E-state index is -3.55. The second kappa shape index (κ2) is 9.86. The second-order valence-electron chi connectivity index (χ2n) is 5.96. The van der Waals surface area contributed by atoms with Crippen molar-refractivity contribution in [2.45, 2.75) is 11.3 Å². The number of anilines is 1. The monoisotopic (exact) mass is 536 g/mol. The van der Waals surface area contributed by atoms with Crippen molar-refractivity contribution >= 4 is 60.2 Å². The smallest absolute Gasteiger partial charge is 0.379 e. The van der Waals surface area contributed by atoms with Crippen LogP contribution < -0.4 is 10.1 Å². The zero-order valence-electron chi connectivity index (χ0n) is 16.2. The van der Waals surface area contributed by atoms with Crippen LogP contribution in [0.5, 0.6) is 5.75 Å². The Morgan fingerprint density at radius 1 is 1.34 bits per heavy atom. The molecule has 1 aromatic carbocycles. The quantitative estimate of drug-likeness (QED) is 0.157. The van der Waals surface area contributed by atoms with E-state index in [1.807, 2.05) is 0 Å². The maximum atomic E-state index is 12.4. The van der Waals surface area contributed by atoms with E-state index in [2.05, 4.69) is 31.4 Å². The molecule has 0 fully saturated rings. The van der Waals surface area contributed by atoms with Crippen LogP contribution in [0.4, 0.5) is 5.13 Å². The van der Waals surface area contributed by atoms with Crippen LogP contribution in [0, 0.1) is 11.3 Å². The average molecular weight is 537 g/mol. The summed E-state index contributed by atoms with van der Waals surface area (Å²) in [5.74, 6) is -1.37. The van der Waals surface area contributed by atoms with Crippen LogP contribution in [0.25, 0.3) is 6.08 Å². The molecule has 10 nitrogen and oxygen atoms in total. The molecule has 0 saturated heterocycles. The molecule has 0 aliphatic rings. The van der Waals surface area contributed by atoms with Gasteiger partial charge in [-0.3, -0.25) is 10.1 Å². The van der Waals surface area contributed by atoms with E-state index in [1.54, 1.807) is 18.2 Å². The van der Waals surface area contributed by atoms with Gasteiger partial charge in [0.05, 0.1) is 16.5 Å². The van der Waals surface area contributed by atoms with E-state index in [0.717, 1.165) is 0 Å². The summed E-state index contributed by atoms with van der Waals surface area (Å²) >= 11 is 3.97. The number of carbonyl (C=O) groups is 2. The van der Waals surface area contributed by atoms with Gasteiger partial charge in [-0.05, 0) is 51.8 Å². The van der Waals surface area contributed by atoms with E-state index in [4.69, 9.17) is 9.15 Å². The first-order valence-corrected chi connectivity index (χ1v) is 12.0. The third-order valence-corrected chi connectivity index (χ3v) is 7.47. The summed E-state index contributed by atoms with van der Waals surface area (Å²) in [5, 5.41) is 18.8. The molecular weight excluding hydrogens is 524 g/mol. The van der Waals surface area contributed by atoms with E-state index in [9.17, 15) is 23.3 Å². The molecule has 2 aromatic heterocycles. The van der Waals surface area contributed by atoms with E-state index in [0.29, 0.717) is 21.4 Å². The Kier molecular flexibility index (Phi) is 7.18. The number of aromatic nitrogens is 2. The molecule has 0 bridgehead atoms. The summed E-state index contributed by atoms with van der Waals surface area (Å²) < 4.78 is 34.0. The SMILES string of the molecule is CCS(=O)(=O)c1nnc(NC(=O)C(C#N)=Cc2ccc(OC(=O)c3ccco3)c(Br)c2)s1. The third kappa shape index (κ3) is 5.47. The van der Waals surface area contributed by atoms with Gasteiger partial charge in [0.1, 0.15) is 17.4 Å². The minimum Gasteiger partial charge on any atom is -0.457 e. The van der Waals surface area contributed by atoms with Gasteiger partial charge in [-0.25, -0.2) is 13.2 Å². The highest BCUT2D eigenvalue weighted by Gasteiger charge is 2.20. The molecule has 0 atom stereocenters. The predicted octanol–water partition coefficient (Wildman–Crippen LogP) is 3.45. The largest absolute Gasteiger partial charge is 0.457 e. The number of rotatable bonds is 7. The van der Waals surface area contributed by atoms with Gasteiger partial charge in [-0.15, -0.1) is 10.2 Å². The topological polar surface area (TPSA) is 152 Å². The fourth-order valence-corrected chi connectivity index (χ4v) is 4.68. The highest BCUT2D eigenvalue weighted by molar-refractivity contribution is 9.10. The highest BCUT2D eigenvalue weighted by Crippen LogP contribution is 2.28. The Morgan fingerprint density at radius 3 is 2.75 bits per heavy atom. The lowest BCUT2D eigenvalue weighted by Crippen LogP contribution is -2.13. The molecule has 0 unspecified atom stereocenters. The summed E-state index contributed by atoms with van der Waals surface area (Å²) in [4.78, 5) is 24.4. The second-order valence-corrected chi connectivity index (χ2v) is 10.2. The molecule has 32 heavy (non-hydrogen) atoms. The number of halogens is 1. The number of furan rings is 1. The Balaban J connectivity index is 1.74. The highest BCUT2D eigenvalue weighted by atomic mass is 79.9. The molecular formula is C19H13BrN4O6S2. The normalized spacial score (nSPS) is 11.6. The third-order valence-electron chi connectivity index (χ3n) is 3.83. The number of esters is 1. The molecule has 0 aliphatic carbocycles. The minimum absolute atomic E-state index is 0.0379. The maximum Gasteiger partial charge on any atom is 0.379 e. The first kappa shape index (κ1) is 23.3. The van der Waals surface area contributed by atoms with Crippen molar-refractivity contribution in [1.82, 2.24) is 10.2 Å². The van der Waals surface area contributed by atoms with E-state index >= 15 is 0 Å². The summed E-state index contributed by atoms with van der Waals surface area (Å²) in [7, 11) is -3.55. The lowest BCUT2D eigenvalue weighted by atomic mass is 10.1. The molecule has 2 heterocycles. The van der Waals surface area contributed by atoms with E-state index < -0.39 is 21.7 Å². The van der Waals surface area contributed by atoms with Crippen molar-refractivity contribution in [2.24, 2.45) is 0 Å². The Hall–Kier alpha value is -3.34. The van der Waals surface area contributed by atoms with Gasteiger partial charge in [0, 0.05) is 0 Å². The van der Waals surface area contributed by atoms with Crippen molar-refractivity contribution in [3.05, 3.63) is 58.0 Å². The first-order valence-electron chi connectivity index (χ1n) is 8.78. The van der Waals surface area contributed by atoms with Crippen LogP contribution in [-0.4, -0.2) is 36.2 Å². The van der Waals surface area contributed by atoms with Crippen LogP contribution in [-0.2, 0) is 14.6 Å². The van der Waals surface area contributed by atoms with Gasteiger partial charge in [-0.2, -0.15) is 5.26 Å². The summed E-state index contributed by atoms with van der Waals surface area (Å²) in [6, 6.07) is 9.36. The molecule has 0 saturated carbocycles. The predicted molar refractivity (Wildman–Crippen MR) is 118 cm³/mol. The maximum absolute atomic E-state index is 12.4. The number of nitrogens with zero attached hydrogens (tertiary/aromatic N) is 3. The van der Waals surface area contributed by atoms with Crippen molar-refractivity contribution in [2.75, 3.05) is 11.1 Å². The van der Waals surface area contributed by atoms with Gasteiger partial charge < -0.3 is 9.15 Å². The molecule has 1 amide bonds. The summed E-state index contributed by atoms with van der Waals surface area (Å²) in [5.41, 5.74) is 0.209. The number of carbonyl (C=O) groups excluding carboxylic acids is 2. The van der Waals surface area contributed by atoms with Crippen molar-refractivity contribution in [3.8, 4) is 11.8 Å². The number of nitriles is 1. The molecule has 0 aliphatic heterocycles. The number of benzene rings is 1. The molecule has 0 radical (unpaired) electrons. The number of hydrogen-bond acceptors (Lipinski definition) is 10. The zero-order valence-corrected chi connectivity index (χ0v) is 19.5. The number of ether oxygens (including phenoxy) is 1. The molecule has 0 spiro atoms. The van der Waals surface area contributed by atoms with Crippen LogP contribution in [0.2, 0.25) is 0 Å². The lowest BCUT2D eigenvalue weighted by Gasteiger charge is -2.06. The Morgan fingerprint density at radius 2 is 2.12 bits per heavy atom. The Labute approximate surface area is 194 Å². The lowest BCUT2D eigenvalue weighted by molar-refractivity contribution is -0.112. The van der Waals surface area contributed by atoms with Crippen molar-refractivity contribution < 1.29 is 27.2 Å². The van der Waals surface area contributed by atoms with Crippen molar-refractivity contribution in [1.29, 1.82) is 5.26 Å².